The van der Waals surface area contributed by atoms with Gasteiger partial charge in [0.15, 0.2) is 0 Å². The first-order valence-corrected chi connectivity index (χ1v) is 6.36. The van der Waals surface area contributed by atoms with E-state index in [1.807, 2.05) is 6.07 Å². The molecule has 0 bridgehead atoms. The number of aromatic nitrogens is 1. The number of rotatable bonds is 3. The SMILES string of the molecule is CNC(=O)c1cc(N2CCOC(C(N)=S)C2)ccn1. The van der Waals surface area contributed by atoms with Gasteiger partial charge in [-0.3, -0.25) is 9.78 Å². The van der Waals surface area contributed by atoms with E-state index in [1.54, 1.807) is 19.3 Å². The number of hydrogen-bond donors (Lipinski definition) is 2. The van der Waals surface area contributed by atoms with Gasteiger partial charge in [-0.25, -0.2) is 0 Å². The summed E-state index contributed by atoms with van der Waals surface area (Å²) in [5, 5.41) is 2.55. The number of carbonyl (C=O) groups excluding carboxylic acids is 1. The fraction of sp³-hybridized carbons (Fsp3) is 0.417. The van der Waals surface area contributed by atoms with Crippen LogP contribution in [-0.2, 0) is 4.74 Å². The Labute approximate surface area is 116 Å². The third-order valence-electron chi connectivity index (χ3n) is 2.95. The van der Waals surface area contributed by atoms with E-state index in [0.29, 0.717) is 23.8 Å². The first-order valence-electron chi connectivity index (χ1n) is 5.96. The highest BCUT2D eigenvalue weighted by atomic mass is 32.1. The smallest absolute Gasteiger partial charge is 0.269 e. The third kappa shape index (κ3) is 3.18. The highest BCUT2D eigenvalue weighted by Gasteiger charge is 2.23. The summed E-state index contributed by atoms with van der Waals surface area (Å²) in [5.41, 5.74) is 6.91. The number of anilines is 1. The van der Waals surface area contributed by atoms with Crippen molar-refractivity contribution in [1.82, 2.24) is 10.3 Å². The average molecular weight is 280 g/mol. The number of amides is 1. The van der Waals surface area contributed by atoms with E-state index < -0.39 is 0 Å². The molecule has 102 valence electrons. The molecule has 2 rings (SSSR count). The summed E-state index contributed by atoms with van der Waals surface area (Å²) in [6, 6.07) is 3.61. The van der Waals surface area contributed by atoms with Crippen LogP contribution in [0.25, 0.3) is 0 Å². The largest absolute Gasteiger partial charge is 0.391 e. The van der Waals surface area contributed by atoms with Gasteiger partial charge in [0.2, 0.25) is 0 Å². The highest BCUT2D eigenvalue weighted by molar-refractivity contribution is 7.80. The fourth-order valence-corrected chi connectivity index (χ4v) is 2.07. The van der Waals surface area contributed by atoms with Gasteiger partial charge in [-0.2, -0.15) is 0 Å². The number of nitrogens with one attached hydrogen (secondary N) is 1. The molecule has 1 atom stereocenters. The van der Waals surface area contributed by atoms with Crippen LogP contribution in [0.5, 0.6) is 0 Å². The molecule has 6 nitrogen and oxygen atoms in total. The maximum absolute atomic E-state index is 11.6. The number of carbonyl (C=O) groups is 1. The van der Waals surface area contributed by atoms with E-state index in [-0.39, 0.29) is 12.0 Å². The Kier molecular flexibility index (Phi) is 4.28. The molecule has 2 heterocycles. The second kappa shape index (κ2) is 5.94. The van der Waals surface area contributed by atoms with Crippen LogP contribution in [0.3, 0.4) is 0 Å². The minimum atomic E-state index is -0.250. The Bertz CT molecular complexity index is 494. The van der Waals surface area contributed by atoms with Crippen molar-refractivity contribution in [3.63, 3.8) is 0 Å². The number of hydrogen-bond acceptors (Lipinski definition) is 5. The Balaban J connectivity index is 2.17. The van der Waals surface area contributed by atoms with Crippen molar-refractivity contribution in [3.05, 3.63) is 24.0 Å². The summed E-state index contributed by atoms with van der Waals surface area (Å²) in [6.45, 7) is 1.88. The van der Waals surface area contributed by atoms with Crippen molar-refractivity contribution in [1.29, 1.82) is 0 Å². The van der Waals surface area contributed by atoms with Crippen molar-refractivity contribution in [2.45, 2.75) is 6.10 Å². The summed E-state index contributed by atoms with van der Waals surface area (Å²) in [7, 11) is 1.58. The monoisotopic (exact) mass is 280 g/mol. The lowest BCUT2D eigenvalue weighted by Gasteiger charge is -2.34. The maximum Gasteiger partial charge on any atom is 0.269 e. The Morgan fingerprint density at radius 2 is 2.47 bits per heavy atom. The van der Waals surface area contributed by atoms with Crippen LogP contribution >= 0.6 is 12.2 Å². The van der Waals surface area contributed by atoms with E-state index >= 15 is 0 Å². The molecular formula is C12H16N4O2S. The van der Waals surface area contributed by atoms with E-state index in [0.717, 1.165) is 12.2 Å². The molecule has 0 spiro atoms. The van der Waals surface area contributed by atoms with Crippen LogP contribution in [0.1, 0.15) is 10.5 Å². The molecule has 1 amide bonds. The number of morpholine rings is 1. The second-order valence-corrected chi connectivity index (χ2v) is 4.66. The molecule has 1 fully saturated rings. The van der Waals surface area contributed by atoms with Crippen LogP contribution in [0.2, 0.25) is 0 Å². The standard InChI is InChI=1S/C12H16N4O2S/c1-14-12(17)9-6-8(2-3-15-9)16-4-5-18-10(7-16)11(13)19/h2-3,6,10H,4-5,7H2,1H3,(H2,13,19)(H,14,17). The van der Waals surface area contributed by atoms with E-state index in [1.165, 1.54) is 0 Å². The number of ether oxygens (including phenoxy) is 1. The van der Waals surface area contributed by atoms with Crippen molar-refractivity contribution < 1.29 is 9.53 Å². The minimum Gasteiger partial charge on any atom is -0.391 e. The van der Waals surface area contributed by atoms with Crippen molar-refractivity contribution >= 4 is 28.8 Å². The molecule has 1 aromatic rings. The molecule has 0 aliphatic carbocycles. The zero-order valence-corrected chi connectivity index (χ0v) is 11.4. The predicted octanol–water partition coefficient (Wildman–Crippen LogP) is -0.0675. The van der Waals surface area contributed by atoms with Crippen LogP contribution < -0.4 is 16.0 Å². The summed E-state index contributed by atoms with van der Waals surface area (Å²) in [5.74, 6) is -0.207. The highest BCUT2D eigenvalue weighted by Crippen LogP contribution is 2.18. The van der Waals surface area contributed by atoms with Crippen LogP contribution in [0, 0.1) is 0 Å². The quantitative estimate of drug-likeness (QED) is 0.755. The van der Waals surface area contributed by atoms with Crippen LogP contribution in [0.4, 0.5) is 5.69 Å². The van der Waals surface area contributed by atoms with E-state index in [2.05, 4.69) is 15.2 Å². The summed E-state index contributed by atoms with van der Waals surface area (Å²) in [4.78, 5) is 18.0. The summed E-state index contributed by atoms with van der Waals surface area (Å²) < 4.78 is 5.49. The van der Waals surface area contributed by atoms with E-state index in [4.69, 9.17) is 22.7 Å². The first-order chi connectivity index (χ1) is 9.11. The van der Waals surface area contributed by atoms with Crippen molar-refractivity contribution in [2.24, 2.45) is 5.73 Å². The molecule has 19 heavy (non-hydrogen) atoms. The van der Waals surface area contributed by atoms with Gasteiger partial charge in [-0.05, 0) is 12.1 Å². The lowest BCUT2D eigenvalue weighted by atomic mass is 10.2. The van der Waals surface area contributed by atoms with Gasteiger partial charge in [0, 0.05) is 25.5 Å². The molecule has 1 aliphatic heterocycles. The van der Waals surface area contributed by atoms with Crippen LogP contribution in [-0.4, -0.2) is 48.7 Å². The fourth-order valence-electron chi connectivity index (χ4n) is 1.92. The molecular weight excluding hydrogens is 264 g/mol. The zero-order chi connectivity index (χ0) is 13.8. The Morgan fingerprint density at radius 1 is 1.68 bits per heavy atom. The van der Waals surface area contributed by atoms with Gasteiger partial charge < -0.3 is 20.7 Å². The molecule has 0 radical (unpaired) electrons. The third-order valence-corrected chi connectivity index (χ3v) is 3.22. The number of pyridine rings is 1. The molecule has 1 aliphatic rings. The minimum absolute atomic E-state index is 0.207. The molecule has 3 N–H and O–H groups in total. The molecule has 0 saturated carbocycles. The molecule has 1 unspecified atom stereocenters. The zero-order valence-electron chi connectivity index (χ0n) is 10.6. The van der Waals surface area contributed by atoms with Crippen molar-refractivity contribution in [3.8, 4) is 0 Å². The number of nitrogens with zero attached hydrogens (tertiary/aromatic N) is 2. The topological polar surface area (TPSA) is 80.5 Å². The van der Waals surface area contributed by atoms with Crippen LogP contribution in [0.15, 0.2) is 18.3 Å². The van der Waals surface area contributed by atoms with Crippen molar-refractivity contribution in [2.75, 3.05) is 31.6 Å². The van der Waals surface area contributed by atoms with Gasteiger partial charge in [0.25, 0.3) is 5.91 Å². The van der Waals surface area contributed by atoms with Gasteiger partial charge in [0.1, 0.15) is 16.8 Å². The van der Waals surface area contributed by atoms with Gasteiger partial charge in [-0.1, -0.05) is 12.2 Å². The summed E-state index contributed by atoms with van der Waals surface area (Å²) in [6.07, 6.45) is 1.37. The van der Waals surface area contributed by atoms with Gasteiger partial charge in [-0.15, -0.1) is 0 Å². The normalized spacial score (nSPS) is 19.0. The predicted molar refractivity (Wildman–Crippen MR) is 76.4 cm³/mol. The molecule has 0 aromatic carbocycles. The molecule has 1 aromatic heterocycles. The van der Waals surface area contributed by atoms with E-state index in [9.17, 15) is 4.79 Å². The number of nitrogens with two attached hydrogens (primary N) is 1. The Hall–Kier alpha value is -1.73. The average Bonchev–Trinajstić information content (AvgIpc) is 2.46. The first kappa shape index (κ1) is 13.7. The van der Waals surface area contributed by atoms with Gasteiger partial charge in [0.05, 0.1) is 13.2 Å². The molecule has 1 saturated heterocycles. The Morgan fingerprint density at radius 3 is 3.16 bits per heavy atom. The van der Waals surface area contributed by atoms with Gasteiger partial charge >= 0.3 is 0 Å². The molecule has 7 heteroatoms. The lowest BCUT2D eigenvalue weighted by Crippen LogP contribution is -2.47. The number of thiocarbonyl (C=S) groups is 1. The maximum atomic E-state index is 11.6. The second-order valence-electron chi connectivity index (χ2n) is 4.19. The lowest BCUT2D eigenvalue weighted by molar-refractivity contribution is 0.0847. The summed E-state index contributed by atoms with van der Waals surface area (Å²) >= 11 is 4.95.